The van der Waals surface area contributed by atoms with Gasteiger partial charge in [-0.3, -0.25) is 9.89 Å². The van der Waals surface area contributed by atoms with Crippen molar-refractivity contribution in [3.05, 3.63) is 28.7 Å². The minimum atomic E-state index is -3.03. The third-order valence-electron chi connectivity index (χ3n) is 4.93. The molecule has 134 valence electrons. The lowest BCUT2D eigenvalue weighted by atomic mass is 9.96. The van der Waals surface area contributed by atoms with Crippen LogP contribution in [0.15, 0.2) is 6.07 Å². The number of fused-ring (bicyclic) bond motifs is 1. The van der Waals surface area contributed by atoms with Gasteiger partial charge in [0.1, 0.15) is 5.82 Å². The highest BCUT2D eigenvalue weighted by Crippen LogP contribution is 2.28. The molecule has 2 aliphatic rings. The Labute approximate surface area is 145 Å². The van der Waals surface area contributed by atoms with E-state index in [0.29, 0.717) is 17.9 Å². The highest BCUT2D eigenvalue weighted by molar-refractivity contribution is 7.91. The zero-order valence-corrected chi connectivity index (χ0v) is 14.9. The van der Waals surface area contributed by atoms with E-state index in [9.17, 15) is 13.2 Å². The zero-order valence-electron chi connectivity index (χ0n) is 14.1. The monoisotopic (exact) mass is 363 g/mol. The number of hydrogen-bond donors (Lipinski definition) is 2. The summed E-state index contributed by atoms with van der Waals surface area (Å²) in [6.07, 6.45) is 4.46. The number of H-pyrrole nitrogens is 1. The van der Waals surface area contributed by atoms with Gasteiger partial charge in [0, 0.05) is 17.3 Å². The van der Waals surface area contributed by atoms with Crippen LogP contribution in [0.1, 0.15) is 52.7 Å². The summed E-state index contributed by atoms with van der Waals surface area (Å²) in [6.45, 7) is 1.83. The number of carbonyl (C=O) groups excluding carboxylic acids is 1. The van der Waals surface area contributed by atoms with Crippen molar-refractivity contribution < 1.29 is 13.2 Å². The maximum absolute atomic E-state index is 12.7. The fourth-order valence-corrected chi connectivity index (χ4v) is 5.39. The number of aryl methyl sites for hydroxylation is 2. The van der Waals surface area contributed by atoms with Crippen molar-refractivity contribution in [3.63, 3.8) is 0 Å². The summed E-state index contributed by atoms with van der Waals surface area (Å²) >= 11 is 0. The number of rotatable bonds is 3. The van der Waals surface area contributed by atoms with E-state index in [2.05, 4.69) is 20.6 Å². The lowest BCUT2D eigenvalue weighted by molar-refractivity contribution is 0.102. The molecule has 0 aromatic carbocycles. The number of aromatic nitrogens is 4. The molecule has 3 heterocycles. The van der Waals surface area contributed by atoms with Crippen LogP contribution >= 0.6 is 0 Å². The second-order valence-corrected chi connectivity index (χ2v) is 9.09. The van der Waals surface area contributed by atoms with E-state index in [-0.39, 0.29) is 23.5 Å². The SMILES string of the molecule is Cc1cc(NC(=O)c2n[nH]c3c2CCCC3)n([C@@H]2CCS(=O)(=O)C2)n1. The van der Waals surface area contributed by atoms with E-state index in [1.54, 1.807) is 10.7 Å². The van der Waals surface area contributed by atoms with Crippen LogP contribution in [-0.4, -0.2) is 45.8 Å². The van der Waals surface area contributed by atoms with E-state index >= 15 is 0 Å². The summed E-state index contributed by atoms with van der Waals surface area (Å²) in [4.78, 5) is 12.7. The third kappa shape index (κ3) is 3.08. The lowest BCUT2D eigenvalue weighted by Crippen LogP contribution is -2.21. The van der Waals surface area contributed by atoms with Crippen LogP contribution in [0.4, 0.5) is 5.82 Å². The van der Waals surface area contributed by atoms with Crippen LogP contribution in [0.5, 0.6) is 0 Å². The number of nitrogens with one attached hydrogen (secondary N) is 2. The van der Waals surface area contributed by atoms with E-state index in [1.165, 1.54) is 0 Å². The Balaban J connectivity index is 1.59. The average Bonchev–Trinajstić information content (AvgIpc) is 3.24. The molecule has 4 rings (SSSR count). The standard InChI is InChI=1S/C16H21N5O3S/c1-10-8-14(21(20-10)11-6-7-25(23,24)9-11)17-16(22)15-12-4-2-3-5-13(12)18-19-15/h8,11H,2-7,9H2,1H3,(H,17,22)(H,18,19)/t11-/m1/s1. The molecular formula is C16H21N5O3S. The van der Waals surface area contributed by atoms with Crippen molar-refractivity contribution in [1.82, 2.24) is 20.0 Å². The van der Waals surface area contributed by atoms with E-state index < -0.39 is 9.84 Å². The zero-order chi connectivity index (χ0) is 17.6. The quantitative estimate of drug-likeness (QED) is 0.857. The number of amides is 1. The Hall–Kier alpha value is -2.16. The molecule has 0 spiro atoms. The number of nitrogens with zero attached hydrogens (tertiary/aromatic N) is 3. The second-order valence-electron chi connectivity index (χ2n) is 6.86. The summed E-state index contributed by atoms with van der Waals surface area (Å²) in [7, 11) is -3.03. The molecule has 1 aliphatic heterocycles. The Kier molecular flexibility index (Phi) is 3.90. The molecule has 0 unspecified atom stereocenters. The summed E-state index contributed by atoms with van der Waals surface area (Å²) in [5.41, 5.74) is 3.21. The molecule has 1 saturated heterocycles. The predicted octanol–water partition coefficient (Wildman–Crippen LogP) is 1.41. The molecular weight excluding hydrogens is 342 g/mol. The largest absolute Gasteiger partial charge is 0.305 e. The van der Waals surface area contributed by atoms with Gasteiger partial charge in [0.2, 0.25) is 0 Å². The summed E-state index contributed by atoms with van der Waals surface area (Å²) in [5, 5.41) is 14.4. The molecule has 9 heteroatoms. The van der Waals surface area contributed by atoms with E-state index in [4.69, 9.17) is 0 Å². The molecule has 1 fully saturated rings. The Morgan fingerprint density at radius 3 is 2.92 bits per heavy atom. The second kappa shape index (κ2) is 5.98. The van der Waals surface area contributed by atoms with Crippen molar-refractivity contribution in [2.75, 3.05) is 16.8 Å². The average molecular weight is 363 g/mol. The molecule has 1 amide bonds. The molecule has 8 nitrogen and oxygen atoms in total. The first-order valence-electron chi connectivity index (χ1n) is 8.57. The fraction of sp³-hybridized carbons (Fsp3) is 0.562. The molecule has 2 aromatic rings. The van der Waals surface area contributed by atoms with Crippen molar-refractivity contribution in [1.29, 1.82) is 0 Å². The van der Waals surface area contributed by atoms with Crippen molar-refractivity contribution >= 4 is 21.6 Å². The highest BCUT2D eigenvalue weighted by atomic mass is 32.2. The van der Waals surface area contributed by atoms with E-state index in [1.807, 2.05) is 6.92 Å². The van der Waals surface area contributed by atoms with Gasteiger partial charge < -0.3 is 5.32 Å². The Morgan fingerprint density at radius 2 is 2.16 bits per heavy atom. The third-order valence-corrected chi connectivity index (χ3v) is 6.68. The maximum Gasteiger partial charge on any atom is 0.277 e. The highest BCUT2D eigenvalue weighted by Gasteiger charge is 2.32. The van der Waals surface area contributed by atoms with Gasteiger partial charge in [-0.25, -0.2) is 13.1 Å². The molecule has 25 heavy (non-hydrogen) atoms. The molecule has 2 aromatic heterocycles. The normalized spacial score (nSPS) is 21.9. The fourth-order valence-electron chi connectivity index (χ4n) is 3.70. The topological polar surface area (TPSA) is 110 Å². The predicted molar refractivity (Wildman–Crippen MR) is 92.5 cm³/mol. The van der Waals surface area contributed by atoms with Crippen molar-refractivity contribution in [2.24, 2.45) is 0 Å². The van der Waals surface area contributed by atoms with Crippen LogP contribution in [0.25, 0.3) is 0 Å². The van der Waals surface area contributed by atoms with Crippen LogP contribution in [-0.2, 0) is 22.7 Å². The number of anilines is 1. The summed E-state index contributed by atoms with van der Waals surface area (Å²) < 4.78 is 25.2. The molecule has 0 bridgehead atoms. The van der Waals surface area contributed by atoms with Gasteiger partial charge in [-0.1, -0.05) is 0 Å². The van der Waals surface area contributed by atoms with Crippen molar-refractivity contribution in [2.45, 2.75) is 45.1 Å². The van der Waals surface area contributed by atoms with Gasteiger partial charge in [0.05, 0.1) is 23.2 Å². The molecule has 0 saturated carbocycles. The first kappa shape index (κ1) is 16.3. The van der Waals surface area contributed by atoms with Gasteiger partial charge in [0.25, 0.3) is 5.91 Å². The first-order valence-corrected chi connectivity index (χ1v) is 10.4. The van der Waals surface area contributed by atoms with Crippen LogP contribution < -0.4 is 5.32 Å². The van der Waals surface area contributed by atoms with Crippen LogP contribution in [0.3, 0.4) is 0 Å². The number of hydrogen-bond acceptors (Lipinski definition) is 5. The summed E-state index contributed by atoms with van der Waals surface area (Å²) in [6, 6.07) is 1.53. The summed E-state index contributed by atoms with van der Waals surface area (Å²) in [5.74, 6) is 0.476. The smallest absolute Gasteiger partial charge is 0.277 e. The first-order chi connectivity index (χ1) is 11.9. The van der Waals surface area contributed by atoms with Crippen LogP contribution in [0, 0.1) is 6.92 Å². The number of carbonyl (C=O) groups is 1. The molecule has 2 N–H and O–H groups in total. The maximum atomic E-state index is 12.7. The molecule has 0 radical (unpaired) electrons. The van der Waals surface area contributed by atoms with Gasteiger partial charge in [0.15, 0.2) is 15.5 Å². The minimum Gasteiger partial charge on any atom is -0.305 e. The molecule has 1 aliphatic carbocycles. The van der Waals surface area contributed by atoms with Gasteiger partial charge in [-0.2, -0.15) is 10.2 Å². The Bertz CT molecular complexity index is 928. The van der Waals surface area contributed by atoms with Gasteiger partial charge in [-0.15, -0.1) is 0 Å². The minimum absolute atomic E-state index is 0.0643. The number of sulfone groups is 1. The van der Waals surface area contributed by atoms with Crippen LogP contribution in [0.2, 0.25) is 0 Å². The molecule has 1 atom stereocenters. The number of aromatic amines is 1. The lowest BCUT2D eigenvalue weighted by Gasteiger charge is -2.14. The van der Waals surface area contributed by atoms with Crippen molar-refractivity contribution in [3.8, 4) is 0 Å². The Morgan fingerprint density at radius 1 is 1.36 bits per heavy atom. The van der Waals surface area contributed by atoms with Gasteiger partial charge in [-0.05, 0) is 39.0 Å². The van der Waals surface area contributed by atoms with Gasteiger partial charge >= 0.3 is 0 Å². The van der Waals surface area contributed by atoms with E-state index in [0.717, 1.165) is 42.6 Å².